The number of esters is 1. The zero-order valence-corrected chi connectivity index (χ0v) is 15.6. The van der Waals surface area contributed by atoms with Crippen LogP contribution in [0.1, 0.15) is 96.8 Å². The maximum absolute atomic E-state index is 11.0. The second-order valence-corrected chi connectivity index (χ2v) is 6.78. The first kappa shape index (κ1) is 21.4. The van der Waals surface area contributed by atoms with E-state index in [4.69, 9.17) is 14.8 Å². The van der Waals surface area contributed by atoms with Gasteiger partial charge in [0.25, 0.3) is 0 Å². The predicted octanol–water partition coefficient (Wildman–Crippen LogP) is 5.27. The molecule has 2 atom stereocenters. The van der Waals surface area contributed by atoms with Crippen LogP contribution in [0, 0.1) is 0 Å². The highest BCUT2D eigenvalue weighted by atomic mass is 17.5. The second-order valence-electron chi connectivity index (χ2n) is 6.78. The van der Waals surface area contributed by atoms with Gasteiger partial charge in [0.15, 0.2) is 0 Å². The molecule has 0 N–H and O–H groups in total. The Morgan fingerprint density at radius 3 is 1.83 bits per heavy atom. The van der Waals surface area contributed by atoms with Gasteiger partial charge in [0.05, 0.1) is 7.11 Å². The molecule has 1 aliphatic heterocycles. The zero-order valence-electron chi connectivity index (χ0n) is 15.6. The van der Waals surface area contributed by atoms with Gasteiger partial charge in [-0.3, -0.25) is 4.79 Å². The summed E-state index contributed by atoms with van der Waals surface area (Å²) in [5.74, 6) is -0.110. The molecule has 5 nitrogen and oxygen atoms in total. The van der Waals surface area contributed by atoms with Crippen LogP contribution in [-0.2, 0) is 24.3 Å². The van der Waals surface area contributed by atoms with Crippen molar-refractivity contribution in [2.45, 2.75) is 109 Å². The van der Waals surface area contributed by atoms with Crippen molar-refractivity contribution in [1.29, 1.82) is 0 Å². The van der Waals surface area contributed by atoms with E-state index in [1.807, 2.05) is 0 Å². The van der Waals surface area contributed by atoms with E-state index < -0.39 is 0 Å². The highest BCUT2D eigenvalue weighted by Crippen LogP contribution is 2.24. The first-order valence-corrected chi connectivity index (χ1v) is 9.83. The van der Waals surface area contributed by atoms with Gasteiger partial charge in [-0.1, -0.05) is 76.2 Å². The van der Waals surface area contributed by atoms with E-state index in [-0.39, 0.29) is 18.2 Å². The summed E-state index contributed by atoms with van der Waals surface area (Å²) in [6.45, 7) is 2.24. The fourth-order valence-electron chi connectivity index (χ4n) is 3.09. The highest BCUT2D eigenvalue weighted by molar-refractivity contribution is 5.68. The summed E-state index contributed by atoms with van der Waals surface area (Å²) in [6.07, 6.45) is 15.9. The summed E-state index contributed by atoms with van der Waals surface area (Å²) in [6, 6.07) is 0. The average Bonchev–Trinajstić information content (AvgIpc) is 3.04. The molecule has 0 amide bonds. The summed E-state index contributed by atoms with van der Waals surface area (Å²) in [5.41, 5.74) is 0. The molecule has 1 heterocycles. The van der Waals surface area contributed by atoms with Crippen molar-refractivity contribution in [3.8, 4) is 0 Å². The quantitative estimate of drug-likeness (QED) is 0.230. The van der Waals surface area contributed by atoms with Crippen LogP contribution in [-0.4, -0.2) is 25.3 Å². The number of hydrogen-bond acceptors (Lipinski definition) is 5. The average molecular weight is 344 g/mol. The van der Waals surface area contributed by atoms with Gasteiger partial charge >= 0.3 is 5.97 Å². The lowest BCUT2D eigenvalue weighted by Crippen LogP contribution is -2.22. The van der Waals surface area contributed by atoms with Gasteiger partial charge in [-0.05, 0) is 19.3 Å². The van der Waals surface area contributed by atoms with Gasteiger partial charge in [-0.2, -0.15) is 9.78 Å². The molecule has 0 aliphatic carbocycles. The van der Waals surface area contributed by atoms with Gasteiger partial charge in [-0.15, -0.1) is 0 Å². The monoisotopic (exact) mass is 344 g/mol. The summed E-state index contributed by atoms with van der Waals surface area (Å²) in [5, 5.41) is 4.75. The molecule has 1 fully saturated rings. The molecule has 2 unspecified atom stereocenters. The molecule has 0 aromatic rings. The molecule has 0 spiro atoms. The Balaban J connectivity index is 1.96. The first-order chi connectivity index (χ1) is 11.8. The van der Waals surface area contributed by atoms with Crippen molar-refractivity contribution >= 4 is 5.97 Å². The lowest BCUT2D eigenvalue weighted by atomic mass is 9.99. The standard InChI is InChI=1S/C19H36O5/c1-3-4-5-6-8-11-14-17-18(23-24-22-17)15-12-9-7-10-13-16-19(20)21-2/h17-18H,3-16H2,1-2H3. The molecule has 1 rings (SSSR count). The van der Waals surface area contributed by atoms with Crippen LogP contribution in [0.5, 0.6) is 0 Å². The SMILES string of the molecule is CCCCCCCCC1OOOC1CCCCCCCC(=O)OC. The Kier molecular flexibility index (Phi) is 13.1. The van der Waals surface area contributed by atoms with Gasteiger partial charge in [-0.25, -0.2) is 0 Å². The third-order valence-corrected chi connectivity index (χ3v) is 4.68. The smallest absolute Gasteiger partial charge is 0.305 e. The Hall–Kier alpha value is -0.650. The molecule has 1 aliphatic rings. The Morgan fingerprint density at radius 1 is 0.792 bits per heavy atom. The van der Waals surface area contributed by atoms with Crippen LogP contribution in [0.25, 0.3) is 0 Å². The Morgan fingerprint density at radius 2 is 1.29 bits per heavy atom. The van der Waals surface area contributed by atoms with E-state index in [1.54, 1.807) is 0 Å². The Bertz CT molecular complexity index is 308. The summed E-state index contributed by atoms with van der Waals surface area (Å²) in [4.78, 5) is 21.5. The number of ether oxygens (including phenoxy) is 1. The van der Waals surface area contributed by atoms with E-state index in [1.165, 1.54) is 45.6 Å². The largest absolute Gasteiger partial charge is 0.469 e. The number of methoxy groups -OCH3 is 1. The lowest BCUT2D eigenvalue weighted by Gasteiger charge is -2.13. The van der Waals surface area contributed by atoms with Crippen molar-refractivity contribution < 1.29 is 24.3 Å². The minimum Gasteiger partial charge on any atom is -0.469 e. The normalized spacial score (nSPS) is 20.4. The molecule has 142 valence electrons. The van der Waals surface area contributed by atoms with Crippen LogP contribution in [0.3, 0.4) is 0 Å². The number of hydrogen-bond donors (Lipinski definition) is 0. The molecule has 0 radical (unpaired) electrons. The van der Waals surface area contributed by atoms with Crippen LogP contribution >= 0.6 is 0 Å². The number of rotatable bonds is 15. The molecule has 24 heavy (non-hydrogen) atoms. The van der Waals surface area contributed by atoms with E-state index in [9.17, 15) is 4.79 Å². The maximum Gasteiger partial charge on any atom is 0.305 e. The molecule has 0 bridgehead atoms. The Labute approximate surface area is 147 Å². The minimum atomic E-state index is -0.110. The van der Waals surface area contributed by atoms with Crippen molar-refractivity contribution in [2.75, 3.05) is 7.11 Å². The predicted molar refractivity (Wildman–Crippen MR) is 93.2 cm³/mol. The second kappa shape index (κ2) is 14.7. The van der Waals surface area contributed by atoms with Crippen LogP contribution < -0.4 is 0 Å². The molecule has 0 aromatic carbocycles. The third-order valence-electron chi connectivity index (χ3n) is 4.68. The fraction of sp³-hybridized carbons (Fsp3) is 0.947. The zero-order chi connectivity index (χ0) is 17.5. The van der Waals surface area contributed by atoms with E-state index >= 15 is 0 Å². The topological polar surface area (TPSA) is 54.0 Å². The fourth-order valence-corrected chi connectivity index (χ4v) is 3.09. The number of carbonyl (C=O) groups excluding carboxylic acids is 1. The molecule has 5 heteroatoms. The molecule has 1 saturated heterocycles. The summed E-state index contributed by atoms with van der Waals surface area (Å²) in [7, 11) is 1.44. The third kappa shape index (κ3) is 10.3. The first-order valence-electron chi connectivity index (χ1n) is 9.83. The molecule has 0 aromatic heterocycles. The van der Waals surface area contributed by atoms with Crippen molar-refractivity contribution in [3.05, 3.63) is 0 Å². The lowest BCUT2D eigenvalue weighted by molar-refractivity contribution is -0.466. The molecular formula is C19H36O5. The summed E-state index contributed by atoms with van der Waals surface area (Å²) < 4.78 is 4.63. The van der Waals surface area contributed by atoms with Gasteiger partial charge in [0.1, 0.15) is 12.2 Å². The maximum atomic E-state index is 11.0. The van der Waals surface area contributed by atoms with E-state index in [2.05, 4.69) is 11.7 Å². The van der Waals surface area contributed by atoms with Gasteiger partial charge < -0.3 is 4.74 Å². The number of unbranched alkanes of at least 4 members (excludes halogenated alkanes) is 9. The van der Waals surface area contributed by atoms with Gasteiger partial charge in [0.2, 0.25) is 0 Å². The van der Waals surface area contributed by atoms with E-state index in [0.29, 0.717) is 6.42 Å². The van der Waals surface area contributed by atoms with Crippen molar-refractivity contribution in [3.63, 3.8) is 0 Å². The highest BCUT2D eigenvalue weighted by Gasteiger charge is 2.31. The van der Waals surface area contributed by atoms with Crippen LogP contribution in [0.15, 0.2) is 0 Å². The van der Waals surface area contributed by atoms with Crippen molar-refractivity contribution in [2.24, 2.45) is 0 Å². The minimum absolute atomic E-state index is 0.0794. The van der Waals surface area contributed by atoms with E-state index in [0.717, 1.165) is 44.9 Å². The van der Waals surface area contributed by atoms with Crippen LogP contribution in [0.4, 0.5) is 0 Å². The summed E-state index contributed by atoms with van der Waals surface area (Å²) >= 11 is 0. The molecular weight excluding hydrogens is 308 g/mol. The molecule has 0 saturated carbocycles. The van der Waals surface area contributed by atoms with Crippen molar-refractivity contribution in [1.82, 2.24) is 0 Å². The van der Waals surface area contributed by atoms with Gasteiger partial charge in [0, 0.05) is 6.42 Å². The van der Waals surface area contributed by atoms with Crippen LogP contribution in [0.2, 0.25) is 0 Å². The number of carbonyl (C=O) groups is 1.